The Morgan fingerprint density at radius 1 is 0.818 bits per heavy atom. The van der Waals surface area contributed by atoms with E-state index in [1.54, 1.807) is 13.8 Å². The summed E-state index contributed by atoms with van der Waals surface area (Å²) in [7, 11) is 1.39. The number of ether oxygens (including phenoxy) is 1. The van der Waals surface area contributed by atoms with Crippen molar-refractivity contribution in [2.24, 2.45) is 5.92 Å². The van der Waals surface area contributed by atoms with Crippen molar-refractivity contribution in [2.75, 3.05) is 7.11 Å². The predicted molar refractivity (Wildman–Crippen MR) is 145 cm³/mol. The summed E-state index contributed by atoms with van der Waals surface area (Å²) >= 11 is 7.61. The summed E-state index contributed by atoms with van der Waals surface area (Å²) in [6, 6.07) is 8.91. The quantitative estimate of drug-likeness (QED) is 0.278. The number of rotatable bonds is 3. The number of hydrogen-bond acceptors (Lipinski definition) is 2. The van der Waals surface area contributed by atoms with Gasteiger partial charge in [-0.2, -0.15) is 0 Å². The van der Waals surface area contributed by atoms with Crippen LogP contribution in [-0.4, -0.2) is 39.8 Å². The Morgan fingerprint density at radius 3 is 1.42 bits per heavy atom. The molecule has 2 aromatic carbocycles. The summed E-state index contributed by atoms with van der Waals surface area (Å²) < 4.78 is 11.6. The van der Waals surface area contributed by atoms with Gasteiger partial charge in [0.2, 0.25) is 11.4 Å². The average Bonchev–Trinajstić information content (AvgIpc) is 2.91. The van der Waals surface area contributed by atoms with Crippen LogP contribution < -0.4 is 0 Å². The highest BCUT2D eigenvalue weighted by molar-refractivity contribution is 9.11. The van der Waals surface area contributed by atoms with Gasteiger partial charge in [-0.3, -0.25) is 4.79 Å². The molecule has 0 atom stereocenters. The largest absolute Gasteiger partial charge is 0.469 e. The van der Waals surface area contributed by atoms with Gasteiger partial charge in [0.05, 0.1) is 28.9 Å². The fourth-order valence-corrected chi connectivity index (χ4v) is 6.13. The van der Waals surface area contributed by atoms with Crippen molar-refractivity contribution in [1.82, 2.24) is 0 Å². The van der Waals surface area contributed by atoms with E-state index in [1.807, 2.05) is 0 Å². The van der Waals surface area contributed by atoms with Gasteiger partial charge in [-0.1, -0.05) is 13.8 Å². The van der Waals surface area contributed by atoms with Gasteiger partial charge in [0.15, 0.2) is 0 Å². The van der Waals surface area contributed by atoms with Crippen LogP contribution in [0, 0.1) is 33.6 Å². The monoisotopic (exact) mass is 578 g/mol. The van der Waals surface area contributed by atoms with Gasteiger partial charge in [-0.05, 0) is 94.9 Å². The lowest BCUT2D eigenvalue weighted by Gasteiger charge is -2.12. The van der Waals surface area contributed by atoms with E-state index in [0.717, 1.165) is 8.95 Å². The Kier molecular flexibility index (Phi) is 9.23. The molecule has 0 N–H and O–H groups in total. The lowest BCUT2D eigenvalue weighted by atomic mass is 10.1. The van der Waals surface area contributed by atoms with E-state index in [9.17, 15) is 4.79 Å². The fourth-order valence-electron chi connectivity index (χ4n) is 4.40. The Hall–Kier alpha value is -1.79. The topological polar surface area (TPSA) is 32.3 Å². The van der Waals surface area contributed by atoms with Gasteiger partial charge in [0.25, 0.3) is 11.4 Å². The molecule has 0 amide bonds. The zero-order chi connectivity index (χ0) is 25.2. The molecule has 4 nitrogen and oxygen atoms in total. The van der Waals surface area contributed by atoms with E-state index in [1.165, 1.54) is 52.2 Å². The molecular weight excluding hydrogens is 544 g/mol. The molecule has 33 heavy (non-hydrogen) atoms. The standard InChI is InChI=1S/C22H26Br2N2.C5H10O2/c1-12-8-14(3)21(19(23)10-12)25-16(5)17(6)26(18(25)7)22-15(4)9-13(2)11-20(22)24;1-4(2)5(6)7-3/h8-11,18H,1-7H3;4H,1-3H3/q+2;. The number of carbonyl (C=O) groups excluding carboxylic acids is 1. The second-order valence-electron chi connectivity index (χ2n) is 9.05. The SMILES string of the molecule is CC1=[N+](c2c(C)cc(C)cc2Br)C(C)[N+](c2c(C)cc(C)cc2Br)=C1C.COC(=O)C(C)C. The van der Waals surface area contributed by atoms with Crippen molar-refractivity contribution in [3.05, 3.63) is 55.5 Å². The molecule has 0 aliphatic carbocycles. The van der Waals surface area contributed by atoms with Gasteiger partial charge in [0.1, 0.15) is 0 Å². The molecule has 0 saturated carbocycles. The highest BCUT2D eigenvalue weighted by Crippen LogP contribution is 2.38. The third-order valence-electron chi connectivity index (χ3n) is 5.94. The minimum absolute atomic E-state index is 0.00463. The number of esters is 1. The summed E-state index contributed by atoms with van der Waals surface area (Å²) in [5, 5.41) is 0. The maximum Gasteiger partial charge on any atom is 0.351 e. The van der Waals surface area contributed by atoms with Crippen LogP contribution in [0.3, 0.4) is 0 Å². The molecule has 178 valence electrons. The number of methoxy groups -OCH3 is 1. The van der Waals surface area contributed by atoms with Crippen molar-refractivity contribution in [2.45, 2.75) is 68.5 Å². The maximum atomic E-state index is 10.3. The molecule has 2 aromatic rings. The second-order valence-corrected chi connectivity index (χ2v) is 10.8. The van der Waals surface area contributed by atoms with E-state index in [-0.39, 0.29) is 18.1 Å². The number of carbonyl (C=O) groups is 1. The molecule has 0 spiro atoms. The molecule has 0 unspecified atom stereocenters. The first-order valence-electron chi connectivity index (χ1n) is 11.2. The summed E-state index contributed by atoms with van der Waals surface area (Å²) in [6.45, 7) is 19.0. The van der Waals surface area contributed by atoms with Crippen molar-refractivity contribution in [1.29, 1.82) is 0 Å². The van der Waals surface area contributed by atoms with Gasteiger partial charge < -0.3 is 4.74 Å². The maximum absolute atomic E-state index is 10.3. The van der Waals surface area contributed by atoms with E-state index >= 15 is 0 Å². The van der Waals surface area contributed by atoms with E-state index < -0.39 is 0 Å². The highest BCUT2D eigenvalue weighted by atomic mass is 79.9. The Balaban J connectivity index is 0.000000479. The van der Waals surface area contributed by atoms with Gasteiger partial charge in [-0.15, -0.1) is 9.15 Å². The number of nitrogens with zero attached hydrogens (tertiary/aromatic N) is 2. The Bertz CT molecular complexity index is 1020. The smallest absolute Gasteiger partial charge is 0.351 e. The third kappa shape index (κ3) is 5.83. The molecule has 1 aliphatic heterocycles. The number of hydrogen-bond donors (Lipinski definition) is 0. The first-order chi connectivity index (χ1) is 15.3. The molecule has 3 rings (SSSR count). The van der Waals surface area contributed by atoms with E-state index in [0.29, 0.717) is 0 Å². The van der Waals surface area contributed by atoms with E-state index in [2.05, 4.69) is 118 Å². The van der Waals surface area contributed by atoms with Crippen LogP contribution in [0.2, 0.25) is 0 Å². The fraction of sp³-hybridized carbons (Fsp3) is 0.444. The first-order valence-corrected chi connectivity index (χ1v) is 12.8. The molecule has 0 radical (unpaired) electrons. The Morgan fingerprint density at radius 2 is 1.18 bits per heavy atom. The number of halogens is 2. The van der Waals surface area contributed by atoms with Crippen molar-refractivity contribution >= 4 is 60.6 Å². The van der Waals surface area contributed by atoms with Crippen molar-refractivity contribution in [3.8, 4) is 0 Å². The lowest BCUT2D eigenvalue weighted by Crippen LogP contribution is -2.27. The van der Waals surface area contributed by atoms with Crippen LogP contribution in [0.25, 0.3) is 0 Å². The van der Waals surface area contributed by atoms with Crippen LogP contribution >= 0.6 is 31.9 Å². The van der Waals surface area contributed by atoms with Crippen LogP contribution in [-0.2, 0) is 9.53 Å². The molecule has 1 aliphatic rings. The minimum atomic E-state index is -0.153. The summed E-state index contributed by atoms with van der Waals surface area (Å²) in [5.41, 5.74) is 10.2. The minimum Gasteiger partial charge on any atom is -0.469 e. The molecule has 1 heterocycles. The van der Waals surface area contributed by atoms with Crippen molar-refractivity contribution in [3.63, 3.8) is 0 Å². The molecule has 0 saturated heterocycles. The summed E-state index contributed by atoms with van der Waals surface area (Å²) in [5.74, 6) is -0.148. The second kappa shape index (κ2) is 11.1. The van der Waals surface area contributed by atoms with Gasteiger partial charge in [-0.25, -0.2) is 0 Å². The van der Waals surface area contributed by atoms with Gasteiger partial charge in [0, 0.05) is 25.0 Å². The lowest BCUT2D eigenvalue weighted by molar-refractivity contribution is -0.688. The Labute approximate surface area is 215 Å². The van der Waals surface area contributed by atoms with Gasteiger partial charge >= 0.3 is 12.1 Å². The zero-order valence-electron chi connectivity index (χ0n) is 21.4. The molecular formula is C27H36Br2N2O2+2. The average molecular weight is 580 g/mol. The van der Waals surface area contributed by atoms with Crippen LogP contribution in [0.15, 0.2) is 33.2 Å². The number of benzene rings is 2. The van der Waals surface area contributed by atoms with E-state index in [4.69, 9.17) is 0 Å². The third-order valence-corrected chi connectivity index (χ3v) is 7.15. The normalized spacial score (nSPS) is 14.1. The van der Waals surface area contributed by atoms with Crippen LogP contribution in [0.1, 0.15) is 56.9 Å². The van der Waals surface area contributed by atoms with Crippen molar-refractivity contribution < 1.29 is 18.7 Å². The molecule has 0 fully saturated rings. The molecule has 0 aromatic heterocycles. The van der Waals surface area contributed by atoms with Crippen LogP contribution in [0.5, 0.6) is 0 Å². The molecule has 6 heteroatoms. The number of aryl methyl sites for hydroxylation is 4. The molecule has 0 bridgehead atoms. The van der Waals surface area contributed by atoms with Crippen LogP contribution in [0.4, 0.5) is 11.4 Å². The highest BCUT2D eigenvalue weighted by Gasteiger charge is 2.45. The first kappa shape index (κ1) is 27.5. The predicted octanol–water partition coefficient (Wildman–Crippen LogP) is 7.53. The summed E-state index contributed by atoms with van der Waals surface area (Å²) in [4.78, 5) is 10.3. The summed E-state index contributed by atoms with van der Waals surface area (Å²) in [6.07, 6.45) is 0.199. The zero-order valence-corrected chi connectivity index (χ0v) is 24.6.